The quantitative estimate of drug-likeness (QED) is 0.444. The largest absolute Gasteiger partial charge is 0.294 e. The van der Waals surface area contributed by atoms with Crippen molar-refractivity contribution < 1.29 is 25.9 Å². The Labute approximate surface area is 177 Å². The molecule has 0 amide bonds. The summed E-state index contributed by atoms with van der Waals surface area (Å²) < 4.78 is 66.8. The minimum atomic E-state index is -4.43. The highest BCUT2D eigenvalue weighted by Gasteiger charge is 2.27. The predicted octanol–water partition coefficient (Wildman–Crippen LogP) is 2.86. The first kappa shape index (κ1) is 22.6. The lowest BCUT2D eigenvalue weighted by Gasteiger charge is -2.25. The molecule has 0 saturated heterocycles. The van der Waals surface area contributed by atoms with Crippen LogP contribution in [-0.2, 0) is 20.2 Å². The van der Waals surface area contributed by atoms with E-state index < -0.39 is 28.2 Å². The van der Waals surface area contributed by atoms with Gasteiger partial charge in [-0.05, 0) is 73.4 Å². The van der Waals surface area contributed by atoms with Gasteiger partial charge in [0.25, 0.3) is 20.2 Å². The number of aryl methyl sites for hydroxylation is 1. The molecule has 0 aromatic heterocycles. The molecule has 3 rings (SSSR count). The van der Waals surface area contributed by atoms with Crippen LogP contribution in [0, 0.1) is 20.8 Å². The third-order valence-electron chi connectivity index (χ3n) is 4.90. The third kappa shape index (κ3) is 4.33. The molecule has 0 bridgehead atoms. The molecule has 0 aliphatic heterocycles. The second-order valence-corrected chi connectivity index (χ2v) is 11.8. The zero-order chi connectivity index (χ0) is 22.3. The van der Waals surface area contributed by atoms with Crippen LogP contribution in [0.1, 0.15) is 16.7 Å². The fraction of sp³-hybridized carbons (Fsp3) is 0.143. The molecule has 0 aliphatic rings. The molecule has 0 aliphatic carbocycles. The minimum Gasteiger partial charge on any atom is -0.282 e. The highest BCUT2D eigenvalue weighted by molar-refractivity contribution is 7.86. The number of benzene rings is 3. The highest BCUT2D eigenvalue weighted by atomic mass is 32.2. The third-order valence-corrected chi connectivity index (χ3v) is 9.82. The molecule has 30 heavy (non-hydrogen) atoms. The SMILES string of the molecule is Cc1ccccc1P(c1cccc(S(=O)(=O)O)c1C)c1cccc(S(=O)(=O)O)c1C. The van der Waals surface area contributed by atoms with E-state index in [1.807, 2.05) is 31.2 Å². The van der Waals surface area contributed by atoms with Gasteiger partial charge in [-0.3, -0.25) is 9.11 Å². The minimum absolute atomic E-state index is 0.190. The molecule has 3 aromatic rings. The maximum Gasteiger partial charge on any atom is 0.294 e. The Bertz CT molecular complexity index is 1250. The molecular formula is C21H21O6PS2. The fourth-order valence-corrected chi connectivity index (χ4v) is 7.92. The van der Waals surface area contributed by atoms with Crippen LogP contribution in [0.15, 0.2) is 70.5 Å². The van der Waals surface area contributed by atoms with Gasteiger partial charge in [-0.25, -0.2) is 0 Å². The normalized spacial score (nSPS) is 12.3. The van der Waals surface area contributed by atoms with Crippen molar-refractivity contribution in [3.63, 3.8) is 0 Å². The van der Waals surface area contributed by atoms with Crippen molar-refractivity contribution in [2.45, 2.75) is 30.6 Å². The van der Waals surface area contributed by atoms with Crippen LogP contribution in [0.5, 0.6) is 0 Å². The van der Waals surface area contributed by atoms with E-state index in [1.165, 1.54) is 12.1 Å². The van der Waals surface area contributed by atoms with Gasteiger partial charge in [0, 0.05) is 0 Å². The zero-order valence-electron chi connectivity index (χ0n) is 16.6. The molecule has 0 atom stereocenters. The molecule has 0 heterocycles. The summed E-state index contributed by atoms with van der Waals surface area (Å²) in [4.78, 5) is -0.380. The first-order chi connectivity index (χ1) is 13.9. The second kappa shape index (κ2) is 8.21. The van der Waals surface area contributed by atoms with Gasteiger partial charge in [0.15, 0.2) is 0 Å². The van der Waals surface area contributed by atoms with E-state index in [2.05, 4.69) is 0 Å². The lowest BCUT2D eigenvalue weighted by Crippen LogP contribution is -2.27. The zero-order valence-corrected chi connectivity index (χ0v) is 19.1. The molecule has 0 saturated carbocycles. The molecule has 0 unspecified atom stereocenters. The summed E-state index contributed by atoms with van der Waals surface area (Å²) in [7, 11) is -10.2. The number of rotatable bonds is 5. The van der Waals surface area contributed by atoms with Crippen molar-refractivity contribution in [3.05, 3.63) is 77.4 Å². The molecule has 0 fully saturated rings. The average Bonchev–Trinajstić information content (AvgIpc) is 2.64. The first-order valence-corrected chi connectivity index (χ1v) is 13.1. The maximum atomic E-state index is 11.9. The van der Waals surface area contributed by atoms with Crippen molar-refractivity contribution in [2.75, 3.05) is 0 Å². The summed E-state index contributed by atoms with van der Waals surface area (Å²) in [6.07, 6.45) is 0. The Hall–Kier alpha value is -2.09. The van der Waals surface area contributed by atoms with Gasteiger partial charge < -0.3 is 0 Å². The van der Waals surface area contributed by atoms with Crippen LogP contribution in [0.2, 0.25) is 0 Å². The standard InChI is InChI=1S/C21H21O6PS2/c1-14-8-4-5-9-17(14)28(18-10-6-12-20(15(18)2)29(22,23)24)19-11-7-13-21(16(19)3)30(25,26)27/h4-13H,1-3H3,(H,22,23,24)(H,25,26,27). The lowest BCUT2D eigenvalue weighted by molar-refractivity contribution is 0.480. The van der Waals surface area contributed by atoms with Gasteiger partial charge in [-0.1, -0.05) is 48.5 Å². The van der Waals surface area contributed by atoms with E-state index in [0.717, 1.165) is 10.9 Å². The lowest BCUT2D eigenvalue weighted by atomic mass is 10.2. The van der Waals surface area contributed by atoms with Crippen molar-refractivity contribution in [1.29, 1.82) is 0 Å². The molecule has 0 spiro atoms. The summed E-state index contributed by atoms with van der Waals surface area (Å²) >= 11 is 0. The van der Waals surface area contributed by atoms with E-state index >= 15 is 0 Å². The molecule has 2 N–H and O–H groups in total. The topological polar surface area (TPSA) is 109 Å². The van der Waals surface area contributed by atoms with Crippen LogP contribution < -0.4 is 15.9 Å². The van der Waals surface area contributed by atoms with E-state index in [4.69, 9.17) is 0 Å². The fourth-order valence-electron chi connectivity index (χ4n) is 3.45. The van der Waals surface area contributed by atoms with Gasteiger partial charge in [0.1, 0.15) is 0 Å². The molecule has 0 radical (unpaired) electrons. The first-order valence-electron chi connectivity index (χ1n) is 8.93. The second-order valence-electron chi connectivity index (χ2n) is 6.87. The molecular weight excluding hydrogens is 443 g/mol. The van der Waals surface area contributed by atoms with Crippen molar-refractivity contribution in [2.24, 2.45) is 0 Å². The highest BCUT2D eigenvalue weighted by Crippen LogP contribution is 2.38. The van der Waals surface area contributed by atoms with Crippen LogP contribution in [0.3, 0.4) is 0 Å². The van der Waals surface area contributed by atoms with Crippen molar-refractivity contribution in [1.82, 2.24) is 0 Å². The van der Waals surface area contributed by atoms with Gasteiger partial charge in [0.05, 0.1) is 9.79 Å². The van der Waals surface area contributed by atoms with Gasteiger partial charge in [-0.2, -0.15) is 16.8 Å². The average molecular weight is 465 g/mol. The van der Waals surface area contributed by atoms with Crippen LogP contribution in [-0.4, -0.2) is 25.9 Å². The molecule has 158 valence electrons. The van der Waals surface area contributed by atoms with E-state index in [1.54, 1.807) is 38.1 Å². The molecule has 9 heteroatoms. The van der Waals surface area contributed by atoms with Gasteiger partial charge in [-0.15, -0.1) is 0 Å². The molecule has 6 nitrogen and oxygen atoms in total. The maximum absolute atomic E-state index is 11.9. The summed E-state index contributed by atoms with van der Waals surface area (Å²) in [5.41, 5.74) is 1.74. The summed E-state index contributed by atoms with van der Waals surface area (Å²) in [5, 5.41) is 2.26. The Kier molecular flexibility index (Phi) is 6.18. The van der Waals surface area contributed by atoms with Crippen molar-refractivity contribution >= 4 is 44.1 Å². The predicted molar refractivity (Wildman–Crippen MR) is 119 cm³/mol. The number of hydrogen-bond acceptors (Lipinski definition) is 4. The summed E-state index contributed by atoms with van der Waals surface area (Å²) in [5.74, 6) is 0. The smallest absolute Gasteiger partial charge is 0.282 e. The van der Waals surface area contributed by atoms with Crippen molar-refractivity contribution in [3.8, 4) is 0 Å². The number of hydrogen-bond donors (Lipinski definition) is 2. The van der Waals surface area contributed by atoms with E-state index in [9.17, 15) is 25.9 Å². The monoisotopic (exact) mass is 464 g/mol. The van der Waals surface area contributed by atoms with Crippen LogP contribution in [0.4, 0.5) is 0 Å². The van der Waals surface area contributed by atoms with Crippen LogP contribution >= 0.6 is 7.92 Å². The summed E-state index contributed by atoms with van der Waals surface area (Å²) in [6.45, 7) is 5.16. The van der Waals surface area contributed by atoms with E-state index in [0.29, 0.717) is 21.7 Å². The van der Waals surface area contributed by atoms with Gasteiger partial charge >= 0.3 is 0 Å². The summed E-state index contributed by atoms with van der Waals surface area (Å²) in [6, 6.07) is 16.9. The molecule has 3 aromatic carbocycles. The van der Waals surface area contributed by atoms with Gasteiger partial charge in [0.2, 0.25) is 0 Å². The van der Waals surface area contributed by atoms with Crippen LogP contribution in [0.25, 0.3) is 0 Å². The Morgan fingerprint density at radius 3 is 1.40 bits per heavy atom. The Balaban J connectivity index is 2.41. The Morgan fingerprint density at radius 1 is 0.600 bits per heavy atom. The Morgan fingerprint density at radius 2 is 1.00 bits per heavy atom. The van der Waals surface area contributed by atoms with E-state index in [-0.39, 0.29) is 9.79 Å².